The Bertz CT molecular complexity index is 96.9. The molecule has 0 rings (SSSR count). The van der Waals surface area contributed by atoms with Gasteiger partial charge in [0.15, 0.2) is 0 Å². The summed E-state index contributed by atoms with van der Waals surface area (Å²) in [7, 11) is 3.87. The molecule has 0 radical (unpaired) electrons. The van der Waals surface area contributed by atoms with E-state index in [9.17, 15) is 4.79 Å². The summed E-state index contributed by atoms with van der Waals surface area (Å²) in [5, 5.41) is 2.47. The van der Waals surface area contributed by atoms with Crippen molar-refractivity contribution in [1.29, 1.82) is 0 Å². The van der Waals surface area contributed by atoms with Gasteiger partial charge in [0, 0.05) is 13.1 Å². The van der Waals surface area contributed by atoms with Crippen LogP contribution in [0, 0.1) is 0 Å². The van der Waals surface area contributed by atoms with E-state index in [1.54, 1.807) is 0 Å². The number of rotatable bonds is 3. The van der Waals surface area contributed by atoms with E-state index in [4.69, 9.17) is 5.73 Å². The minimum Gasteiger partial charge on any atom is -0.352 e. The molecule has 0 aliphatic heterocycles. The van der Waals surface area contributed by atoms with Crippen LogP contribution in [0.25, 0.3) is 0 Å². The first-order chi connectivity index (χ1) is 4.13. The number of urea groups is 1. The van der Waals surface area contributed by atoms with Crippen LogP contribution in [-0.2, 0) is 0 Å². The smallest absolute Gasteiger partial charge is 0.312 e. The highest BCUT2D eigenvalue weighted by Gasteiger charge is 1.90. The van der Waals surface area contributed by atoms with Gasteiger partial charge in [-0.15, -0.1) is 12.4 Å². The van der Waals surface area contributed by atoms with Gasteiger partial charge in [-0.1, -0.05) is 0 Å². The average molecular weight is 168 g/mol. The maximum absolute atomic E-state index is 10.1. The molecule has 0 fully saturated rings. The fourth-order valence-corrected chi connectivity index (χ4v) is 0.403. The number of primary amides is 1. The third-order valence-electron chi connectivity index (χ3n) is 0.858. The number of halogens is 1. The lowest BCUT2D eigenvalue weighted by atomic mass is 10.6. The number of hydrogen-bond donors (Lipinski definition) is 2. The van der Waals surface area contributed by atoms with Crippen LogP contribution in [0.4, 0.5) is 4.79 Å². The Balaban J connectivity index is 0. The Morgan fingerprint density at radius 2 is 2.10 bits per heavy atom. The van der Waals surface area contributed by atoms with Crippen molar-refractivity contribution in [3.05, 3.63) is 0 Å². The molecule has 0 spiro atoms. The summed E-state index contributed by atoms with van der Waals surface area (Å²) in [6, 6.07) is -0.461. The van der Waals surface area contributed by atoms with Crippen LogP contribution in [0.5, 0.6) is 0 Å². The predicted molar refractivity (Wildman–Crippen MR) is 43.4 cm³/mol. The van der Waals surface area contributed by atoms with Crippen molar-refractivity contribution in [2.45, 2.75) is 0 Å². The van der Waals surface area contributed by atoms with Crippen molar-refractivity contribution in [2.24, 2.45) is 5.73 Å². The van der Waals surface area contributed by atoms with Gasteiger partial charge in [-0.25, -0.2) is 4.79 Å². The van der Waals surface area contributed by atoms with Crippen molar-refractivity contribution < 1.29 is 4.79 Å². The van der Waals surface area contributed by atoms with Gasteiger partial charge in [-0.2, -0.15) is 0 Å². The lowest BCUT2D eigenvalue weighted by molar-refractivity contribution is 0.247. The van der Waals surface area contributed by atoms with E-state index in [-0.39, 0.29) is 12.4 Å². The topological polar surface area (TPSA) is 58.4 Å². The predicted octanol–water partition coefficient (Wildman–Crippen LogP) is -0.362. The third-order valence-corrected chi connectivity index (χ3v) is 0.858. The van der Waals surface area contributed by atoms with E-state index in [0.29, 0.717) is 6.54 Å². The number of amides is 2. The molecule has 0 aliphatic rings. The number of carbonyl (C=O) groups is 1. The van der Waals surface area contributed by atoms with Crippen molar-refractivity contribution >= 4 is 18.4 Å². The highest BCUT2D eigenvalue weighted by Crippen LogP contribution is 1.68. The molecule has 0 heterocycles. The van der Waals surface area contributed by atoms with Crippen molar-refractivity contribution in [3.63, 3.8) is 0 Å². The lowest BCUT2D eigenvalue weighted by Gasteiger charge is -2.08. The monoisotopic (exact) mass is 167 g/mol. The molecular weight excluding hydrogens is 154 g/mol. The standard InChI is InChI=1S/C5H13N3O.ClH/c1-8(2)4-3-7-5(6)9;/h3-4H2,1-2H3,(H3,6,7,9);1H. The van der Waals surface area contributed by atoms with Crippen LogP contribution in [-0.4, -0.2) is 38.1 Å². The Kier molecular flexibility index (Phi) is 8.11. The molecular formula is C5H14ClN3O. The molecule has 0 atom stereocenters. The SMILES string of the molecule is CN(C)CCNC(N)=O.Cl. The number of nitrogens with zero attached hydrogens (tertiary/aromatic N) is 1. The average Bonchev–Trinajstić information content (AvgIpc) is 1.63. The van der Waals surface area contributed by atoms with E-state index in [2.05, 4.69) is 5.32 Å². The highest BCUT2D eigenvalue weighted by molar-refractivity contribution is 5.85. The van der Waals surface area contributed by atoms with Crippen LogP contribution < -0.4 is 11.1 Å². The van der Waals surface area contributed by atoms with Gasteiger partial charge in [0.05, 0.1) is 0 Å². The summed E-state index contributed by atoms with van der Waals surface area (Å²) in [6.45, 7) is 1.44. The minimum atomic E-state index is -0.461. The van der Waals surface area contributed by atoms with E-state index in [0.717, 1.165) is 6.54 Å². The van der Waals surface area contributed by atoms with Crippen molar-refractivity contribution in [3.8, 4) is 0 Å². The molecule has 0 saturated heterocycles. The zero-order chi connectivity index (χ0) is 7.28. The van der Waals surface area contributed by atoms with Crippen LogP contribution in [0.1, 0.15) is 0 Å². The van der Waals surface area contributed by atoms with E-state index in [1.807, 2.05) is 19.0 Å². The van der Waals surface area contributed by atoms with Crippen molar-refractivity contribution in [2.75, 3.05) is 27.2 Å². The van der Waals surface area contributed by atoms with Gasteiger partial charge in [0.25, 0.3) is 0 Å². The second kappa shape index (κ2) is 6.64. The van der Waals surface area contributed by atoms with Gasteiger partial charge in [-0.3, -0.25) is 0 Å². The van der Waals surface area contributed by atoms with E-state index in [1.165, 1.54) is 0 Å². The molecule has 3 N–H and O–H groups in total. The summed E-state index contributed by atoms with van der Waals surface area (Å²) in [5.74, 6) is 0. The summed E-state index contributed by atoms with van der Waals surface area (Å²) in [6.07, 6.45) is 0. The molecule has 2 amide bonds. The fourth-order valence-electron chi connectivity index (χ4n) is 0.403. The molecule has 0 aromatic rings. The van der Waals surface area contributed by atoms with Gasteiger partial charge in [0.2, 0.25) is 0 Å². The molecule has 62 valence electrons. The van der Waals surface area contributed by atoms with Crippen LogP contribution in [0.15, 0.2) is 0 Å². The van der Waals surface area contributed by atoms with E-state index < -0.39 is 6.03 Å². The normalized spacial score (nSPS) is 8.70. The summed E-state index contributed by atoms with van der Waals surface area (Å²) >= 11 is 0. The quantitative estimate of drug-likeness (QED) is 0.603. The van der Waals surface area contributed by atoms with Gasteiger partial charge < -0.3 is 16.0 Å². The number of nitrogens with two attached hydrogens (primary N) is 1. The largest absolute Gasteiger partial charge is 0.352 e. The highest BCUT2D eigenvalue weighted by atomic mass is 35.5. The maximum atomic E-state index is 10.1. The first-order valence-corrected chi connectivity index (χ1v) is 2.81. The molecule has 0 saturated carbocycles. The number of likely N-dealkylation sites (N-methyl/N-ethyl adjacent to an activating group) is 1. The van der Waals surface area contributed by atoms with Crippen molar-refractivity contribution in [1.82, 2.24) is 10.2 Å². The fraction of sp³-hybridized carbons (Fsp3) is 0.800. The molecule has 0 aromatic heterocycles. The van der Waals surface area contributed by atoms with E-state index >= 15 is 0 Å². The molecule has 10 heavy (non-hydrogen) atoms. The minimum absolute atomic E-state index is 0. The summed E-state index contributed by atoms with van der Waals surface area (Å²) < 4.78 is 0. The first-order valence-electron chi connectivity index (χ1n) is 2.81. The van der Waals surface area contributed by atoms with Crippen LogP contribution >= 0.6 is 12.4 Å². The van der Waals surface area contributed by atoms with Crippen LogP contribution in [0.2, 0.25) is 0 Å². The molecule has 0 aliphatic carbocycles. The second-order valence-corrected chi connectivity index (χ2v) is 2.09. The lowest BCUT2D eigenvalue weighted by Crippen LogP contribution is -2.34. The number of hydrogen-bond acceptors (Lipinski definition) is 2. The molecule has 5 heteroatoms. The Morgan fingerprint density at radius 1 is 1.60 bits per heavy atom. The molecule has 4 nitrogen and oxygen atoms in total. The Hall–Kier alpha value is -0.480. The number of carbonyl (C=O) groups excluding carboxylic acids is 1. The Morgan fingerprint density at radius 3 is 2.40 bits per heavy atom. The Labute approximate surface area is 67.2 Å². The molecule has 0 aromatic carbocycles. The number of nitrogens with one attached hydrogen (secondary N) is 1. The van der Waals surface area contributed by atoms with Gasteiger partial charge >= 0.3 is 6.03 Å². The summed E-state index contributed by atoms with van der Waals surface area (Å²) in [4.78, 5) is 12.0. The molecule has 0 unspecified atom stereocenters. The molecule has 0 bridgehead atoms. The van der Waals surface area contributed by atoms with Crippen LogP contribution in [0.3, 0.4) is 0 Å². The zero-order valence-electron chi connectivity index (χ0n) is 6.26. The third kappa shape index (κ3) is 10.5. The summed E-state index contributed by atoms with van der Waals surface area (Å²) in [5.41, 5.74) is 4.81. The maximum Gasteiger partial charge on any atom is 0.312 e. The van der Waals surface area contributed by atoms with Gasteiger partial charge in [-0.05, 0) is 14.1 Å². The first kappa shape index (κ1) is 12.2. The van der Waals surface area contributed by atoms with Gasteiger partial charge in [0.1, 0.15) is 0 Å². The zero-order valence-corrected chi connectivity index (χ0v) is 7.07. The second-order valence-electron chi connectivity index (χ2n) is 2.09.